The Morgan fingerprint density at radius 1 is 1.38 bits per heavy atom. The largest absolute Gasteiger partial charge is 0.357 e. The van der Waals surface area contributed by atoms with Crippen LogP contribution in [0.4, 0.5) is 5.82 Å². The maximum absolute atomic E-state index is 9.45. The molecule has 4 heteroatoms. The van der Waals surface area contributed by atoms with Crippen molar-refractivity contribution in [3.05, 3.63) is 22.9 Å². The van der Waals surface area contributed by atoms with Crippen molar-refractivity contribution in [2.24, 2.45) is 0 Å². The molecule has 0 saturated carbocycles. The molecule has 3 rings (SSSR count). The van der Waals surface area contributed by atoms with Crippen LogP contribution < -0.4 is 4.90 Å². The first-order valence-electron chi connectivity index (χ1n) is 8.03. The fourth-order valence-corrected chi connectivity index (χ4v) is 3.61. The molecule has 1 atom stereocenters. The number of pyridine rings is 1. The number of aromatic nitrogens is 1. The number of likely N-dealkylation sites (N-methyl/N-ethyl adjacent to an activating group) is 2. The topological polar surface area (TPSA) is 43.2 Å². The third-order valence-corrected chi connectivity index (χ3v) is 4.92. The van der Waals surface area contributed by atoms with Crippen LogP contribution >= 0.6 is 0 Å². The number of likely N-dealkylation sites (tertiary alicyclic amines) is 1. The minimum atomic E-state index is 0.583. The van der Waals surface area contributed by atoms with E-state index in [1.54, 1.807) is 0 Å². The van der Waals surface area contributed by atoms with Crippen LogP contribution in [0, 0.1) is 11.3 Å². The number of hydrogen-bond acceptors (Lipinski definition) is 4. The Bertz CT molecular complexity index is 561. The Hall–Kier alpha value is -1.60. The van der Waals surface area contributed by atoms with Gasteiger partial charge in [0.2, 0.25) is 0 Å². The molecule has 112 valence electrons. The van der Waals surface area contributed by atoms with Crippen molar-refractivity contribution in [2.75, 3.05) is 32.1 Å². The van der Waals surface area contributed by atoms with Crippen LogP contribution in [0.3, 0.4) is 0 Å². The molecule has 1 aromatic rings. The molecule has 1 aliphatic heterocycles. The van der Waals surface area contributed by atoms with Gasteiger partial charge >= 0.3 is 0 Å². The number of aryl methyl sites for hydroxylation is 2. The van der Waals surface area contributed by atoms with Crippen molar-refractivity contribution in [1.82, 2.24) is 9.88 Å². The molecule has 1 unspecified atom stereocenters. The first-order valence-corrected chi connectivity index (χ1v) is 8.03. The second-order valence-electron chi connectivity index (χ2n) is 6.44. The average molecular weight is 284 g/mol. The summed E-state index contributed by atoms with van der Waals surface area (Å²) in [5.74, 6) is 0.874. The van der Waals surface area contributed by atoms with Gasteiger partial charge < -0.3 is 9.80 Å². The van der Waals surface area contributed by atoms with Gasteiger partial charge in [0.1, 0.15) is 11.9 Å². The van der Waals surface area contributed by atoms with E-state index in [1.165, 1.54) is 43.5 Å². The van der Waals surface area contributed by atoms with Crippen LogP contribution in [0.5, 0.6) is 0 Å². The molecule has 1 aliphatic carbocycles. The minimum absolute atomic E-state index is 0.583. The third kappa shape index (κ3) is 2.89. The molecule has 21 heavy (non-hydrogen) atoms. The highest BCUT2D eigenvalue weighted by atomic mass is 15.2. The summed E-state index contributed by atoms with van der Waals surface area (Å²) in [6.45, 7) is 2.14. The monoisotopic (exact) mass is 284 g/mol. The summed E-state index contributed by atoms with van der Waals surface area (Å²) >= 11 is 0. The molecule has 4 nitrogen and oxygen atoms in total. The predicted molar refractivity (Wildman–Crippen MR) is 84.5 cm³/mol. The lowest BCUT2D eigenvalue weighted by Gasteiger charge is -2.28. The Morgan fingerprint density at radius 2 is 2.19 bits per heavy atom. The van der Waals surface area contributed by atoms with Gasteiger partial charge in [0.05, 0.1) is 5.56 Å². The highest BCUT2D eigenvalue weighted by molar-refractivity contribution is 5.56. The molecule has 0 aromatic carbocycles. The quantitative estimate of drug-likeness (QED) is 0.854. The van der Waals surface area contributed by atoms with Crippen molar-refractivity contribution in [1.29, 1.82) is 5.26 Å². The molecule has 2 heterocycles. The molecule has 0 N–H and O–H groups in total. The summed E-state index contributed by atoms with van der Waals surface area (Å²) in [5.41, 5.74) is 3.23. The smallest absolute Gasteiger partial charge is 0.146 e. The van der Waals surface area contributed by atoms with Gasteiger partial charge in [-0.3, -0.25) is 0 Å². The lowest BCUT2D eigenvalue weighted by Crippen LogP contribution is -2.37. The number of rotatable bonds is 3. The number of hydrogen-bond donors (Lipinski definition) is 0. The molecule has 1 saturated heterocycles. The van der Waals surface area contributed by atoms with E-state index in [-0.39, 0.29) is 0 Å². The van der Waals surface area contributed by atoms with Crippen molar-refractivity contribution >= 4 is 5.82 Å². The summed E-state index contributed by atoms with van der Waals surface area (Å²) in [5, 5.41) is 9.45. The number of nitriles is 1. The highest BCUT2D eigenvalue weighted by Gasteiger charge is 2.24. The Morgan fingerprint density at radius 3 is 2.90 bits per heavy atom. The van der Waals surface area contributed by atoms with Crippen molar-refractivity contribution in [3.63, 3.8) is 0 Å². The first-order chi connectivity index (χ1) is 10.2. The molecule has 0 bridgehead atoms. The van der Waals surface area contributed by atoms with Gasteiger partial charge in [-0.2, -0.15) is 5.26 Å². The predicted octanol–water partition coefficient (Wildman–Crippen LogP) is 2.36. The summed E-state index contributed by atoms with van der Waals surface area (Å²) in [6.07, 6.45) is 7.10. The zero-order valence-corrected chi connectivity index (χ0v) is 13.1. The molecule has 0 amide bonds. The number of anilines is 1. The van der Waals surface area contributed by atoms with Gasteiger partial charge in [0, 0.05) is 25.3 Å². The SMILES string of the molecule is CN(CC1CCCN1C)c1nc2c(cc1C#N)CCCC2. The van der Waals surface area contributed by atoms with Crippen molar-refractivity contribution in [2.45, 2.75) is 44.6 Å². The van der Waals surface area contributed by atoms with E-state index in [0.717, 1.165) is 30.8 Å². The number of fused-ring (bicyclic) bond motifs is 1. The van der Waals surface area contributed by atoms with Gasteiger partial charge in [-0.25, -0.2) is 4.98 Å². The van der Waals surface area contributed by atoms with Crippen LogP contribution in [0.2, 0.25) is 0 Å². The van der Waals surface area contributed by atoms with Crippen LogP contribution in [0.1, 0.15) is 42.5 Å². The fraction of sp³-hybridized carbons (Fsp3) is 0.647. The highest BCUT2D eigenvalue weighted by Crippen LogP contribution is 2.27. The van der Waals surface area contributed by atoms with Crippen molar-refractivity contribution < 1.29 is 0 Å². The summed E-state index contributed by atoms with van der Waals surface area (Å²) in [4.78, 5) is 9.43. The van der Waals surface area contributed by atoms with E-state index in [9.17, 15) is 5.26 Å². The molecule has 1 fully saturated rings. The maximum Gasteiger partial charge on any atom is 0.146 e. The van der Waals surface area contributed by atoms with E-state index < -0.39 is 0 Å². The van der Waals surface area contributed by atoms with E-state index in [1.807, 2.05) is 0 Å². The molecule has 1 aromatic heterocycles. The second-order valence-corrected chi connectivity index (χ2v) is 6.44. The molecular formula is C17H24N4. The summed E-state index contributed by atoms with van der Waals surface area (Å²) in [6, 6.07) is 5.00. The van der Waals surface area contributed by atoms with Crippen LogP contribution in [0.15, 0.2) is 6.07 Å². The zero-order valence-electron chi connectivity index (χ0n) is 13.1. The average Bonchev–Trinajstić information content (AvgIpc) is 2.91. The maximum atomic E-state index is 9.45. The summed E-state index contributed by atoms with van der Waals surface area (Å²) < 4.78 is 0. The van der Waals surface area contributed by atoms with Crippen LogP contribution in [0.25, 0.3) is 0 Å². The lowest BCUT2D eigenvalue weighted by molar-refractivity contribution is 0.314. The third-order valence-electron chi connectivity index (χ3n) is 4.92. The lowest BCUT2D eigenvalue weighted by atomic mass is 9.95. The normalized spacial score (nSPS) is 21.9. The molecule has 0 radical (unpaired) electrons. The second kappa shape index (κ2) is 6.03. The van der Waals surface area contributed by atoms with Gasteiger partial charge in [-0.1, -0.05) is 0 Å². The van der Waals surface area contributed by atoms with E-state index in [2.05, 4.69) is 36.0 Å². The van der Waals surface area contributed by atoms with E-state index >= 15 is 0 Å². The molecular weight excluding hydrogens is 260 g/mol. The first kappa shape index (κ1) is 14.3. The van der Waals surface area contributed by atoms with Gasteiger partial charge in [-0.15, -0.1) is 0 Å². The van der Waals surface area contributed by atoms with Crippen LogP contribution in [-0.4, -0.2) is 43.1 Å². The fourth-order valence-electron chi connectivity index (χ4n) is 3.61. The van der Waals surface area contributed by atoms with E-state index in [0.29, 0.717) is 6.04 Å². The Labute approximate surface area is 127 Å². The minimum Gasteiger partial charge on any atom is -0.357 e. The zero-order chi connectivity index (χ0) is 14.8. The Kier molecular flexibility index (Phi) is 4.12. The summed E-state index contributed by atoms with van der Waals surface area (Å²) in [7, 11) is 4.27. The van der Waals surface area contributed by atoms with Crippen molar-refractivity contribution in [3.8, 4) is 6.07 Å². The standard InChI is InChI=1S/C17H24N4/c1-20-9-5-7-15(20)12-21(2)17-14(11-18)10-13-6-3-4-8-16(13)19-17/h10,15H,3-9,12H2,1-2H3. The van der Waals surface area contributed by atoms with Gasteiger partial charge in [-0.05, 0) is 63.7 Å². The number of nitrogens with zero attached hydrogens (tertiary/aromatic N) is 4. The van der Waals surface area contributed by atoms with E-state index in [4.69, 9.17) is 4.98 Å². The van der Waals surface area contributed by atoms with Crippen LogP contribution in [-0.2, 0) is 12.8 Å². The Balaban J connectivity index is 1.84. The molecule has 2 aliphatic rings. The van der Waals surface area contributed by atoms with Gasteiger partial charge in [0.15, 0.2) is 0 Å². The van der Waals surface area contributed by atoms with Gasteiger partial charge in [0.25, 0.3) is 0 Å². The molecule has 0 spiro atoms.